The third kappa shape index (κ3) is 3.28. The molecule has 5 heteroatoms. The molecule has 0 aliphatic carbocycles. The van der Waals surface area contributed by atoms with E-state index >= 15 is 0 Å². The van der Waals surface area contributed by atoms with Crippen LogP contribution >= 0.6 is 15.9 Å². The number of benzene rings is 1. The van der Waals surface area contributed by atoms with E-state index in [0.717, 1.165) is 16.5 Å². The van der Waals surface area contributed by atoms with Crippen molar-refractivity contribution in [1.29, 1.82) is 0 Å². The molecule has 0 aromatic heterocycles. The van der Waals surface area contributed by atoms with Crippen molar-refractivity contribution >= 4 is 21.6 Å². The highest BCUT2D eigenvalue weighted by molar-refractivity contribution is 9.10. The summed E-state index contributed by atoms with van der Waals surface area (Å²) in [7, 11) is 1.87. The number of nitro benzene ring substituents is 1. The molecule has 0 amide bonds. The lowest BCUT2D eigenvalue weighted by Gasteiger charge is -2.13. The first-order chi connectivity index (χ1) is 7.58. The van der Waals surface area contributed by atoms with Crippen LogP contribution < -0.4 is 5.32 Å². The number of rotatable bonds is 5. The Kier molecular flexibility index (Phi) is 4.89. The molecule has 0 fully saturated rings. The van der Waals surface area contributed by atoms with E-state index in [9.17, 15) is 10.1 Å². The van der Waals surface area contributed by atoms with Crippen molar-refractivity contribution in [2.24, 2.45) is 0 Å². The lowest BCUT2D eigenvalue weighted by atomic mass is 10.0. The summed E-state index contributed by atoms with van der Waals surface area (Å²) in [6, 6.07) is 5.33. The number of hydrogen-bond donors (Lipinski definition) is 1. The monoisotopic (exact) mass is 286 g/mol. The Balaban J connectivity index is 3.00. The van der Waals surface area contributed by atoms with E-state index in [4.69, 9.17) is 0 Å². The molecule has 0 spiro atoms. The van der Waals surface area contributed by atoms with Crippen LogP contribution in [0, 0.1) is 10.1 Å². The van der Waals surface area contributed by atoms with Crippen LogP contribution in [0.2, 0.25) is 0 Å². The summed E-state index contributed by atoms with van der Waals surface area (Å²) < 4.78 is 0.874. The number of likely N-dealkylation sites (N-methyl/N-ethyl adjacent to an activating group) is 1. The highest BCUT2D eigenvalue weighted by Crippen LogP contribution is 2.24. The Morgan fingerprint density at radius 2 is 2.25 bits per heavy atom. The molecule has 0 bridgehead atoms. The second-order valence-corrected chi connectivity index (χ2v) is 4.54. The van der Waals surface area contributed by atoms with Gasteiger partial charge in [-0.2, -0.15) is 0 Å². The fraction of sp³-hybridized carbons (Fsp3) is 0.455. The van der Waals surface area contributed by atoms with Crippen molar-refractivity contribution < 1.29 is 4.92 Å². The molecular formula is C11H15BrN2O2. The minimum absolute atomic E-state index is 0.192. The van der Waals surface area contributed by atoms with Crippen molar-refractivity contribution in [1.82, 2.24) is 5.32 Å². The van der Waals surface area contributed by atoms with Gasteiger partial charge in [0, 0.05) is 22.1 Å². The molecule has 0 aliphatic heterocycles. The van der Waals surface area contributed by atoms with Crippen LogP contribution in [0.15, 0.2) is 22.7 Å². The molecular weight excluding hydrogens is 272 g/mol. The fourth-order valence-corrected chi connectivity index (χ4v) is 2.02. The molecule has 1 aromatic carbocycles. The summed E-state index contributed by atoms with van der Waals surface area (Å²) >= 11 is 3.34. The average molecular weight is 287 g/mol. The number of hydrogen-bond acceptors (Lipinski definition) is 3. The summed E-state index contributed by atoms with van der Waals surface area (Å²) in [6.07, 6.45) is 1.61. The average Bonchev–Trinajstić information content (AvgIpc) is 2.25. The van der Waals surface area contributed by atoms with Gasteiger partial charge in [0.25, 0.3) is 5.69 Å². The Morgan fingerprint density at radius 1 is 1.56 bits per heavy atom. The molecule has 1 rings (SSSR count). The van der Waals surface area contributed by atoms with Gasteiger partial charge in [-0.25, -0.2) is 0 Å². The Hall–Kier alpha value is -0.940. The van der Waals surface area contributed by atoms with E-state index in [-0.39, 0.29) is 16.7 Å². The van der Waals surface area contributed by atoms with Gasteiger partial charge in [0.15, 0.2) is 0 Å². The third-order valence-electron chi connectivity index (χ3n) is 2.61. The van der Waals surface area contributed by atoms with E-state index in [1.807, 2.05) is 13.1 Å². The maximum atomic E-state index is 10.9. The zero-order chi connectivity index (χ0) is 12.1. The molecule has 0 saturated carbocycles. The number of nitrogens with zero attached hydrogens (tertiary/aromatic N) is 1. The third-order valence-corrected chi connectivity index (χ3v) is 3.10. The molecule has 88 valence electrons. The lowest BCUT2D eigenvalue weighted by Crippen LogP contribution is -2.26. The number of halogens is 1. The topological polar surface area (TPSA) is 55.2 Å². The highest BCUT2D eigenvalue weighted by atomic mass is 79.9. The van der Waals surface area contributed by atoms with E-state index < -0.39 is 0 Å². The standard InChI is InChI=1S/C11H15BrN2O2/c1-3-10(13-2)7-8-6-9(12)4-5-11(8)14(15)16/h4-6,10,13H,3,7H2,1-2H3. The van der Waals surface area contributed by atoms with E-state index in [1.165, 1.54) is 0 Å². The second-order valence-electron chi connectivity index (χ2n) is 3.63. The van der Waals surface area contributed by atoms with Gasteiger partial charge in [-0.3, -0.25) is 10.1 Å². The van der Waals surface area contributed by atoms with Gasteiger partial charge in [-0.15, -0.1) is 0 Å². The van der Waals surface area contributed by atoms with E-state index in [1.54, 1.807) is 12.1 Å². The summed E-state index contributed by atoms with van der Waals surface area (Å²) in [5.41, 5.74) is 0.956. The van der Waals surface area contributed by atoms with Crippen LogP contribution in [-0.4, -0.2) is 18.0 Å². The van der Waals surface area contributed by atoms with Gasteiger partial charge in [-0.05, 0) is 32.0 Å². The molecule has 1 atom stereocenters. The molecule has 16 heavy (non-hydrogen) atoms. The van der Waals surface area contributed by atoms with Crippen LogP contribution in [-0.2, 0) is 6.42 Å². The van der Waals surface area contributed by atoms with Crippen molar-refractivity contribution in [3.05, 3.63) is 38.3 Å². The maximum Gasteiger partial charge on any atom is 0.272 e. The number of nitrogens with one attached hydrogen (secondary N) is 1. The minimum atomic E-state index is -0.329. The smallest absolute Gasteiger partial charge is 0.272 e. The quantitative estimate of drug-likeness (QED) is 0.669. The van der Waals surface area contributed by atoms with Crippen molar-refractivity contribution in [3.63, 3.8) is 0 Å². The van der Waals surface area contributed by atoms with Crippen LogP contribution in [0.5, 0.6) is 0 Å². The molecule has 1 N–H and O–H groups in total. The van der Waals surface area contributed by atoms with Crippen molar-refractivity contribution in [2.45, 2.75) is 25.8 Å². The van der Waals surface area contributed by atoms with Gasteiger partial charge in [0.05, 0.1) is 4.92 Å². The molecule has 0 radical (unpaired) electrons. The second kappa shape index (κ2) is 5.96. The Labute approximate surface area is 103 Å². The lowest BCUT2D eigenvalue weighted by molar-refractivity contribution is -0.385. The first-order valence-electron chi connectivity index (χ1n) is 5.18. The first-order valence-corrected chi connectivity index (χ1v) is 5.97. The van der Waals surface area contributed by atoms with Crippen molar-refractivity contribution in [3.8, 4) is 0 Å². The first kappa shape index (κ1) is 13.1. The summed E-state index contributed by atoms with van der Waals surface area (Å²) in [6.45, 7) is 2.06. The maximum absolute atomic E-state index is 10.9. The Bertz CT molecular complexity index is 378. The highest BCUT2D eigenvalue weighted by Gasteiger charge is 2.16. The fourth-order valence-electron chi connectivity index (χ4n) is 1.61. The van der Waals surface area contributed by atoms with Crippen LogP contribution in [0.25, 0.3) is 0 Å². The normalized spacial score (nSPS) is 12.4. The molecule has 0 aliphatic rings. The zero-order valence-electron chi connectivity index (χ0n) is 9.37. The molecule has 0 heterocycles. The molecule has 4 nitrogen and oxygen atoms in total. The molecule has 1 unspecified atom stereocenters. The van der Waals surface area contributed by atoms with Gasteiger partial charge < -0.3 is 5.32 Å². The van der Waals surface area contributed by atoms with Crippen LogP contribution in [0.4, 0.5) is 5.69 Å². The molecule has 0 saturated heterocycles. The number of nitro groups is 1. The summed E-state index contributed by atoms with van der Waals surface area (Å²) in [4.78, 5) is 10.5. The van der Waals surface area contributed by atoms with Crippen LogP contribution in [0.3, 0.4) is 0 Å². The predicted molar refractivity (Wildman–Crippen MR) is 67.6 cm³/mol. The summed E-state index contributed by atoms with van der Waals surface area (Å²) in [5.74, 6) is 0. The van der Waals surface area contributed by atoms with Crippen molar-refractivity contribution in [2.75, 3.05) is 7.05 Å². The van der Waals surface area contributed by atoms with Gasteiger partial charge in [0.2, 0.25) is 0 Å². The van der Waals surface area contributed by atoms with E-state index in [0.29, 0.717) is 6.42 Å². The van der Waals surface area contributed by atoms with Gasteiger partial charge in [-0.1, -0.05) is 22.9 Å². The van der Waals surface area contributed by atoms with E-state index in [2.05, 4.69) is 28.2 Å². The SMILES string of the molecule is CCC(Cc1cc(Br)ccc1[N+](=O)[O-])NC. The predicted octanol–water partition coefficient (Wildman–Crippen LogP) is 2.90. The van der Waals surface area contributed by atoms with Gasteiger partial charge in [0.1, 0.15) is 0 Å². The van der Waals surface area contributed by atoms with Gasteiger partial charge >= 0.3 is 0 Å². The minimum Gasteiger partial charge on any atom is -0.317 e. The summed E-state index contributed by atoms with van der Waals surface area (Å²) in [5, 5.41) is 14.0. The Morgan fingerprint density at radius 3 is 2.75 bits per heavy atom. The largest absolute Gasteiger partial charge is 0.317 e. The molecule has 1 aromatic rings. The zero-order valence-corrected chi connectivity index (χ0v) is 11.0. The van der Waals surface area contributed by atoms with Crippen LogP contribution in [0.1, 0.15) is 18.9 Å².